The predicted molar refractivity (Wildman–Crippen MR) is 81.0 cm³/mol. The summed E-state index contributed by atoms with van der Waals surface area (Å²) in [4.78, 5) is 10.5. The number of nitrogens with zero attached hydrogens (tertiary/aromatic N) is 3. The SMILES string of the molecule is Cc1nc(N2CCN(CC(C)C)CC2)sc1C(C)O. The van der Waals surface area contributed by atoms with Gasteiger partial charge in [-0.05, 0) is 19.8 Å². The molecule has 0 radical (unpaired) electrons. The Morgan fingerprint density at radius 1 is 1.21 bits per heavy atom. The summed E-state index contributed by atoms with van der Waals surface area (Å²) in [6.07, 6.45) is -0.409. The highest BCUT2D eigenvalue weighted by molar-refractivity contribution is 7.15. The van der Waals surface area contributed by atoms with Crippen LogP contribution in [0.5, 0.6) is 0 Å². The molecule has 1 aliphatic rings. The topological polar surface area (TPSA) is 39.6 Å². The van der Waals surface area contributed by atoms with Crippen LogP contribution in [-0.4, -0.2) is 47.7 Å². The van der Waals surface area contributed by atoms with E-state index in [0.717, 1.165) is 47.8 Å². The van der Waals surface area contributed by atoms with Crippen LogP contribution in [0.3, 0.4) is 0 Å². The van der Waals surface area contributed by atoms with Crippen LogP contribution in [0, 0.1) is 12.8 Å². The summed E-state index contributed by atoms with van der Waals surface area (Å²) in [5, 5.41) is 10.8. The zero-order valence-corrected chi connectivity index (χ0v) is 13.2. The van der Waals surface area contributed by atoms with E-state index in [1.807, 2.05) is 13.8 Å². The number of aromatic nitrogens is 1. The molecule has 19 heavy (non-hydrogen) atoms. The van der Waals surface area contributed by atoms with Crippen molar-refractivity contribution in [2.75, 3.05) is 37.6 Å². The molecule has 4 nitrogen and oxygen atoms in total. The van der Waals surface area contributed by atoms with Crippen molar-refractivity contribution in [1.82, 2.24) is 9.88 Å². The molecule has 1 atom stereocenters. The normalized spacial score (nSPS) is 19.2. The molecule has 1 aromatic heterocycles. The zero-order chi connectivity index (χ0) is 14.0. The Hall–Kier alpha value is -0.650. The molecule has 2 rings (SSSR count). The Kier molecular flexibility index (Phi) is 4.81. The summed E-state index contributed by atoms with van der Waals surface area (Å²) >= 11 is 1.64. The van der Waals surface area contributed by atoms with Crippen molar-refractivity contribution >= 4 is 16.5 Å². The third-order valence-electron chi connectivity index (χ3n) is 3.47. The Balaban J connectivity index is 1.96. The lowest BCUT2D eigenvalue weighted by atomic mass is 10.2. The van der Waals surface area contributed by atoms with Gasteiger partial charge in [0.2, 0.25) is 0 Å². The van der Waals surface area contributed by atoms with E-state index in [1.165, 1.54) is 6.54 Å². The van der Waals surface area contributed by atoms with Crippen molar-refractivity contribution in [3.8, 4) is 0 Å². The Bertz CT molecular complexity index is 409. The van der Waals surface area contributed by atoms with Crippen molar-refractivity contribution in [2.45, 2.75) is 33.8 Å². The van der Waals surface area contributed by atoms with E-state index in [-0.39, 0.29) is 0 Å². The van der Waals surface area contributed by atoms with Crippen molar-refractivity contribution in [1.29, 1.82) is 0 Å². The molecule has 0 amide bonds. The van der Waals surface area contributed by atoms with Crippen LogP contribution >= 0.6 is 11.3 Å². The maximum Gasteiger partial charge on any atom is 0.185 e. The van der Waals surface area contributed by atoms with Gasteiger partial charge >= 0.3 is 0 Å². The fraction of sp³-hybridized carbons (Fsp3) is 0.786. The first-order chi connectivity index (χ1) is 8.97. The van der Waals surface area contributed by atoms with Crippen LogP contribution < -0.4 is 4.90 Å². The molecule has 1 unspecified atom stereocenters. The molecule has 0 bridgehead atoms. The molecule has 0 aliphatic carbocycles. The molecule has 0 aromatic carbocycles. The van der Waals surface area contributed by atoms with Gasteiger partial charge in [-0.25, -0.2) is 4.98 Å². The minimum atomic E-state index is -0.409. The van der Waals surface area contributed by atoms with Crippen molar-refractivity contribution in [3.05, 3.63) is 10.6 Å². The number of aryl methyl sites for hydroxylation is 1. The minimum absolute atomic E-state index is 0.409. The number of hydrogen-bond donors (Lipinski definition) is 1. The molecular weight excluding hydrogens is 258 g/mol. The van der Waals surface area contributed by atoms with Crippen molar-refractivity contribution in [3.63, 3.8) is 0 Å². The summed E-state index contributed by atoms with van der Waals surface area (Å²) < 4.78 is 0. The van der Waals surface area contributed by atoms with Crippen LogP contribution in [0.15, 0.2) is 0 Å². The maximum atomic E-state index is 9.70. The molecule has 1 fully saturated rings. The van der Waals surface area contributed by atoms with Gasteiger partial charge in [0.25, 0.3) is 0 Å². The first-order valence-electron chi connectivity index (χ1n) is 7.10. The molecule has 1 N–H and O–H groups in total. The monoisotopic (exact) mass is 283 g/mol. The summed E-state index contributed by atoms with van der Waals surface area (Å²) in [6.45, 7) is 13.8. The van der Waals surface area contributed by atoms with Gasteiger partial charge in [-0.15, -0.1) is 0 Å². The molecular formula is C14H25N3OS. The Labute approximate surface area is 120 Å². The number of anilines is 1. The Morgan fingerprint density at radius 2 is 1.84 bits per heavy atom. The number of aliphatic hydroxyl groups excluding tert-OH is 1. The second-order valence-electron chi connectivity index (χ2n) is 5.80. The van der Waals surface area contributed by atoms with E-state index >= 15 is 0 Å². The predicted octanol–water partition coefficient (Wildman–Crippen LogP) is 2.28. The van der Waals surface area contributed by atoms with Crippen LogP contribution in [0.1, 0.15) is 37.4 Å². The van der Waals surface area contributed by atoms with Crippen LogP contribution in [0.4, 0.5) is 5.13 Å². The first-order valence-corrected chi connectivity index (χ1v) is 7.91. The number of hydrogen-bond acceptors (Lipinski definition) is 5. The van der Waals surface area contributed by atoms with E-state index in [1.54, 1.807) is 11.3 Å². The second-order valence-corrected chi connectivity index (χ2v) is 6.81. The van der Waals surface area contributed by atoms with Crippen molar-refractivity contribution < 1.29 is 5.11 Å². The highest BCUT2D eigenvalue weighted by Crippen LogP contribution is 2.31. The van der Waals surface area contributed by atoms with Gasteiger partial charge < -0.3 is 10.0 Å². The minimum Gasteiger partial charge on any atom is -0.388 e. The lowest BCUT2D eigenvalue weighted by molar-refractivity contribution is 0.202. The molecule has 1 aromatic rings. The van der Waals surface area contributed by atoms with Gasteiger partial charge in [-0.3, -0.25) is 4.90 Å². The van der Waals surface area contributed by atoms with Crippen LogP contribution in [0.2, 0.25) is 0 Å². The van der Waals surface area contributed by atoms with Gasteiger partial charge in [0, 0.05) is 32.7 Å². The van der Waals surface area contributed by atoms with Gasteiger partial charge in [-0.2, -0.15) is 0 Å². The van der Waals surface area contributed by atoms with Gasteiger partial charge in [0.05, 0.1) is 16.7 Å². The summed E-state index contributed by atoms with van der Waals surface area (Å²) in [5.41, 5.74) is 0.972. The van der Waals surface area contributed by atoms with Crippen molar-refractivity contribution in [2.24, 2.45) is 5.92 Å². The molecule has 1 saturated heterocycles. The van der Waals surface area contributed by atoms with Gasteiger partial charge in [-0.1, -0.05) is 25.2 Å². The smallest absolute Gasteiger partial charge is 0.185 e. The summed E-state index contributed by atoms with van der Waals surface area (Å²) in [5.74, 6) is 0.732. The maximum absolute atomic E-state index is 9.70. The van der Waals surface area contributed by atoms with E-state index in [0.29, 0.717) is 0 Å². The number of thiazole rings is 1. The van der Waals surface area contributed by atoms with E-state index in [4.69, 9.17) is 0 Å². The quantitative estimate of drug-likeness (QED) is 0.920. The first kappa shape index (κ1) is 14.8. The standard InChI is InChI=1S/C14H25N3OS/c1-10(2)9-16-5-7-17(8-6-16)14-15-11(3)13(19-14)12(4)18/h10,12,18H,5-9H2,1-4H3. The molecule has 0 saturated carbocycles. The fourth-order valence-electron chi connectivity index (χ4n) is 2.55. The average Bonchev–Trinajstić information content (AvgIpc) is 2.71. The molecule has 0 spiro atoms. The Morgan fingerprint density at radius 3 is 2.32 bits per heavy atom. The summed E-state index contributed by atoms with van der Waals surface area (Å²) in [7, 11) is 0. The van der Waals surface area contributed by atoms with E-state index < -0.39 is 6.10 Å². The number of aliphatic hydroxyl groups is 1. The number of rotatable bonds is 4. The molecule has 2 heterocycles. The van der Waals surface area contributed by atoms with Crippen LogP contribution in [0.25, 0.3) is 0 Å². The lowest BCUT2D eigenvalue weighted by Gasteiger charge is -2.35. The highest BCUT2D eigenvalue weighted by Gasteiger charge is 2.21. The third-order valence-corrected chi connectivity index (χ3v) is 4.86. The van der Waals surface area contributed by atoms with E-state index in [9.17, 15) is 5.11 Å². The fourth-order valence-corrected chi connectivity index (χ4v) is 3.61. The number of piperazine rings is 1. The average molecular weight is 283 g/mol. The van der Waals surface area contributed by atoms with Gasteiger partial charge in [0.1, 0.15) is 0 Å². The lowest BCUT2D eigenvalue weighted by Crippen LogP contribution is -2.47. The van der Waals surface area contributed by atoms with E-state index in [2.05, 4.69) is 28.6 Å². The molecule has 108 valence electrons. The zero-order valence-electron chi connectivity index (χ0n) is 12.4. The summed E-state index contributed by atoms with van der Waals surface area (Å²) in [6, 6.07) is 0. The largest absolute Gasteiger partial charge is 0.388 e. The second kappa shape index (κ2) is 6.20. The molecule has 5 heteroatoms. The van der Waals surface area contributed by atoms with Crippen LogP contribution in [-0.2, 0) is 0 Å². The molecule has 1 aliphatic heterocycles. The highest BCUT2D eigenvalue weighted by atomic mass is 32.1. The van der Waals surface area contributed by atoms with Gasteiger partial charge in [0.15, 0.2) is 5.13 Å². The third kappa shape index (κ3) is 3.68.